The van der Waals surface area contributed by atoms with E-state index >= 15 is 0 Å². The molecule has 2 aliphatic carbocycles. The Hall–Kier alpha value is -1.35. The molecule has 1 unspecified atom stereocenters. The minimum Gasteiger partial charge on any atom is -0.330 e. The van der Waals surface area contributed by atoms with Crippen molar-refractivity contribution in [2.24, 2.45) is 18.4 Å². The second-order valence-corrected chi connectivity index (χ2v) is 6.76. The Morgan fingerprint density at radius 3 is 2.75 bits per heavy atom. The first kappa shape index (κ1) is 12.4. The summed E-state index contributed by atoms with van der Waals surface area (Å²) in [4.78, 5) is 4.79. The summed E-state index contributed by atoms with van der Waals surface area (Å²) in [6.07, 6.45) is 5.78. The van der Waals surface area contributed by atoms with Gasteiger partial charge in [-0.1, -0.05) is 12.1 Å². The highest BCUT2D eigenvalue weighted by Crippen LogP contribution is 2.60. The second kappa shape index (κ2) is 4.32. The first-order chi connectivity index (χ1) is 9.70. The number of aryl methyl sites for hydroxylation is 1. The summed E-state index contributed by atoms with van der Waals surface area (Å²) in [5, 5.41) is 3.74. The van der Waals surface area contributed by atoms with Crippen LogP contribution in [0.15, 0.2) is 24.3 Å². The van der Waals surface area contributed by atoms with E-state index in [1.165, 1.54) is 37.7 Å². The van der Waals surface area contributed by atoms with Crippen molar-refractivity contribution < 1.29 is 0 Å². The lowest BCUT2D eigenvalue weighted by Gasteiger charge is -2.19. The van der Waals surface area contributed by atoms with Crippen LogP contribution in [0, 0.1) is 11.3 Å². The minimum absolute atomic E-state index is 0.323. The van der Waals surface area contributed by atoms with Crippen molar-refractivity contribution in [2.75, 3.05) is 6.54 Å². The van der Waals surface area contributed by atoms with Gasteiger partial charge in [0, 0.05) is 13.6 Å². The fraction of sp³-hybridized carbons (Fsp3) is 0.588. The molecule has 0 aliphatic heterocycles. The van der Waals surface area contributed by atoms with Crippen molar-refractivity contribution in [3.63, 3.8) is 0 Å². The van der Waals surface area contributed by atoms with Crippen LogP contribution in [0.5, 0.6) is 0 Å². The predicted octanol–water partition coefficient (Wildman–Crippen LogP) is 3.41. The van der Waals surface area contributed by atoms with Crippen LogP contribution in [0.4, 0.5) is 0 Å². The molecule has 1 atom stereocenters. The van der Waals surface area contributed by atoms with Gasteiger partial charge >= 0.3 is 0 Å². The molecule has 0 amide bonds. The summed E-state index contributed by atoms with van der Waals surface area (Å²) in [6.45, 7) is 3.41. The molecule has 2 saturated carbocycles. The molecule has 0 radical (unpaired) electrons. The molecule has 106 valence electrons. The molecular weight excluding hydrogens is 246 g/mol. The van der Waals surface area contributed by atoms with Crippen molar-refractivity contribution in [1.82, 2.24) is 14.9 Å². The number of imidazole rings is 1. The Kier molecular flexibility index (Phi) is 2.68. The Balaban J connectivity index is 1.51. The van der Waals surface area contributed by atoms with Crippen LogP contribution in [-0.4, -0.2) is 16.1 Å². The van der Waals surface area contributed by atoms with E-state index in [0.717, 1.165) is 17.3 Å². The highest BCUT2D eigenvalue weighted by atomic mass is 15.1. The highest BCUT2D eigenvalue weighted by molar-refractivity contribution is 5.75. The van der Waals surface area contributed by atoms with Gasteiger partial charge in [0.15, 0.2) is 0 Å². The van der Waals surface area contributed by atoms with E-state index in [1.54, 1.807) is 0 Å². The summed E-state index contributed by atoms with van der Waals surface area (Å²) in [5.74, 6) is 2.17. The summed E-state index contributed by atoms with van der Waals surface area (Å²) in [7, 11) is 2.12. The minimum atomic E-state index is 0.323. The van der Waals surface area contributed by atoms with Crippen LogP contribution in [0.2, 0.25) is 0 Å². The Labute approximate surface area is 120 Å². The first-order valence-corrected chi connectivity index (χ1v) is 7.84. The van der Waals surface area contributed by atoms with E-state index in [1.807, 2.05) is 0 Å². The maximum absolute atomic E-state index is 4.79. The second-order valence-electron chi connectivity index (χ2n) is 6.76. The first-order valence-electron chi connectivity index (χ1n) is 7.84. The van der Waals surface area contributed by atoms with E-state index in [0.29, 0.717) is 11.5 Å². The Morgan fingerprint density at radius 2 is 2.10 bits per heavy atom. The molecule has 1 heterocycles. The Morgan fingerprint density at radius 1 is 1.35 bits per heavy atom. The van der Waals surface area contributed by atoms with E-state index in [2.05, 4.69) is 48.1 Å². The zero-order valence-corrected chi connectivity index (χ0v) is 12.4. The lowest BCUT2D eigenvalue weighted by Crippen LogP contribution is -2.29. The van der Waals surface area contributed by atoms with Gasteiger partial charge in [0.2, 0.25) is 0 Å². The van der Waals surface area contributed by atoms with E-state index in [-0.39, 0.29) is 0 Å². The van der Waals surface area contributed by atoms with Crippen LogP contribution in [0.25, 0.3) is 11.0 Å². The predicted molar refractivity (Wildman–Crippen MR) is 81.5 cm³/mol. The molecule has 3 nitrogen and oxygen atoms in total. The molecule has 0 spiro atoms. The van der Waals surface area contributed by atoms with Gasteiger partial charge in [0.25, 0.3) is 0 Å². The molecule has 3 heteroatoms. The van der Waals surface area contributed by atoms with Crippen LogP contribution < -0.4 is 5.32 Å². The van der Waals surface area contributed by atoms with Gasteiger partial charge in [-0.15, -0.1) is 0 Å². The van der Waals surface area contributed by atoms with Gasteiger partial charge in [-0.25, -0.2) is 4.98 Å². The van der Waals surface area contributed by atoms with E-state index < -0.39 is 0 Å². The smallest absolute Gasteiger partial charge is 0.126 e. The highest BCUT2D eigenvalue weighted by Gasteiger charge is 2.53. The SMILES string of the molecule is CC(NCC1(C2CC2)CC1)c1nc2ccccc2n1C. The third-order valence-electron chi connectivity index (χ3n) is 5.30. The third-order valence-corrected chi connectivity index (χ3v) is 5.30. The molecule has 2 aromatic rings. The zero-order chi connectivity index (χ0) is 13.7. The lowest BCUT2D eigenvalue weighted by molar-refractivity contribution is 0.375. The zero-order valence-electron chi connectivity index (χ0n) is 12.4. The van der Waals surface area contributed by atoms with Crippen LogP contribution in [0.1, 0.15) is 44.5 Å². The maximum Gasteiger partial charge on any atom is 0.126 e. The molecule has 20 heavy (non-hydrogen) atoms. The van der Waals surface area contributed by atoms with Gasteiger partial charge < -0.3 is 9.88 Å². The number of aromatic nitrogens is 2. The standard InChI is InChI=1S/C17H23N3/c1-12(18-11-17(9-10-17)13-7-8-13)16-19-14-5-3-4-6-15(14)20(16)2/h3-6,12-13,18H,7-11H2,1-2H3. The van der Waals surface area contributed by atoms with Gasteiger partial charge in [-0.3, -0.25) is 0 Å². The summed E-state index contributed by atoms with van der Waals surface area (Å²) in [5.41, 5.74) is 2.97. The number of hydrogen-bond donors (Lipinski definition) is 1. The fourth-order valence-electron chi connectivity index (χ4n) is 3.58. The largest absolute Gasteiger partial charge is 0.330 e. The molecule has 1 aromatic heterocycles. The van der Waals surface area contributed by atoms with Crippen LogP contribution in [-0.2, 0) is 7.05 Å². The number of nitrogens with one attached hydrogen (secondary N) is 1. The lowest BCUT2D eigenvalue weighted by atomic mass is 10.0. The van der Waals surface area contributed by atoms with Crippen molar-refractivity contribution in [3.8, 4) is 0 Å². The fourth-order valence-corrected chi connectivity index (χ4v) is 3.58. The molecule has 4 rings (SSSR count). The normalized spacial score (nSPS) is 22.1. The Bertz CT molecular complexity index is 635. The number of benzene rings is 1. The van der Waals surface area contributed by atoms with Crippen molar-refractivity contribution >= 4 is 11.0 Å². The average molecular weight is 269 g/mol. The number of para-hydroxylation sites is 2. The summed E-state index contributed by atoms with van der Waals surface area (Å²) in [6, 6.07) is 8.70. The third kappa shape index (κ3) is 1.96. The number of fused-ring (bicyclic) bond motifs is 1. The molecule has 1 aromatic carbocycles. The quantitative estimate of drug-likeness (QED) is 0.901. The van der Waals surface area contributed by atoms with Crippen molar-refractivity contribution in [2.45, 2.75) is 38.6 Å². The maximum atomic E-state index is 4.79. The molecule has 2 fully saturated rings. The monoisotopic (exact) mass is 269 g/mol. The van der Waals surface area contributed by atoms with Gasteiger partial charge in [0.1, 0.15) is 5.82 Å². The van der Waals surface area contributed by atoms with Crippen LogP contribution in [0.3, 0.4) is 0 Å². The average Bonchev–Trinajstić information content (AvgIpc) is 3.35. The van der Waals surface area contributed by atoms with Crippen molar-refractivity contribution in [3.05, 3.63) is 30.1 Å². The molecule has 1 N–H and O–H groups in total. The van der Waals surface area contributed by atoms with E-state index in [4.69, 9.17) is 4.98 Å². The number of rotatable bonds is 5. The summed E-state index contributed by atoms with van der Waals surface area (Å²) < 4.78 is 2.23. The molecule has 0 bridgehead atoms. The van der Waals surface area contributed by atoms with E-state index in [9.17, 15) is 0 Å². The van der Waals surface area contributed by atoms with Crippen molar-refractivity contribution in [1.29, 1.82) is 0 Å². The molecular formula is C17H23N3. The number of hydrogen-bond acceptors (Lipinski definition) is 2. The topological polar surface area (TPSA) is 29.9 Å². The summed E-state index contributed by atoms with van der Waals surface area (Å²) >= 11 is 0. The number of nitrogens with zero attached hydrogens (tertiary/aromatic N) is 2. The van der Waals surface area contributed by atoms with Gasteiger partial charge in [0.05, 0.1) is 17.1 Å². The molecule has 0 saturated heterocycles. The van der Waals surface area contributed by atoms with Gasteiger partial charge in [-0.2, -0.15) is 0 Å². The molecule has 2 aliphatic rings. The van der Waals surface area contributed by atoms with Gasteiger partial charge in [-0.05, 0) is 56.1 Å². The van der Waals surface area contributed by atoms with Crippen LogP contribution >= 0.6 is 0 Å².